The summed E-state index contributed by atoms with van der Waals surface area (Å²) in [5, 5.41) is 0. The van der Waals surface area contributed by atoms with Crippen molar-refractivity contribution in [3.8, 4) is 5.75 Å². The van der Waals surface area contributed by atoms with E-state index in [1.807, 2.05) is 13.8 Å². The van der Waals surface area contributed by atoms with Gasteiger partial charge in [0.15, 0.2) is 0 Å². The maximum absolute atomic E-state index is 13.0. The van der Waals surface area contributed by atoms with Crippen LogP contribution in [0.5, 0.6) is 5.75 Å². The van der Waals surface area contributed by atoms with Crippen LogP contribution in [0.1, 0.15) is 43.5 Å². The normalized spacial score (nSPS) is 16.5. The van der Waals surface area contributed by atoms with Crippen molar-refractivity contribution >= 4 is 15.9 Å². The van der Waals surface area contributed by atoms with E-state index in [1.165, 1.54) is 17.5 Å². The van der Waals surface area contributed by atoms with Gasteiger partial charge in [0.25, 0.3) is 5.91 Å². The number of benzene rings is 1. The summed E-state index contributed by atoms with van der Waals surface area (Å²) >= 11 is 0. The minimum atomic E-state index is -3.68. The third kappa shape index (κ3) is 5.00. The van der Waals surface area contributed by atoms with Crippen LogP contribution in [-0.2, 0) is 10.0 Å². The summed E-state index contributed by atoms with van der Waals surface area (Å²) in [7, 11) is -0.550. The SMILES string of the molecule is COc1ccc(C(=O)N(C)CCC(N)C(C)C)cc1S(=O)(=O)N1CCCC1. The fourth-order valence-electron chi connectivity index (χ4n) is 3.08. The van der Waals surface area contributed by atoms with E-state index in [0.717, 1.165) is 12.8 Å². The molecule has 1 aromatic rings. The molecule has 2 N–H and O–H groups in total. The molecule has 0 aromatic heterocycles. The number of sulfonamides is 1. The Morgan fingerprint density at radius 1 is 1.30 bits per heavy atom. The predicted octanol–water partition coefficient (Wildman–Crippen LogP) is 1.93. The van der Waals surface area contributed by atoms with Gasteiger partial charge in [-0.25, -0.2) is 8.42 Å². The number of carbonyl (C=O) groups excluding carboxylic acids is 1. The predicted molar refractivity (Wildman–Crippen MR) is 105 cm³/mol. The van der Waals surface area contributed by atoms with Crippen LogP contribution in [0.3, 0.4) is 0 Å². The van der Waals surface area contributed by atoms with Crippen LogP contribution in [0.2, 0.25) is 0 Å². The monoisotopic (exact) mass is 397 g/mol. The summed E-state index contributed by atoms with van der Waals surface area (Å²) in [6.45, 7) is 5.60. The lowest BCUT2D eigenvalue weighted by Gasteiger charge is -2.22. The van der Waals surface area contributed by atoms with E-state index < -0.39 is 10.0 Å². The number of hydrogen-bond acceptors (Lipinski definition) is 5. The Bertz CT molecular complexity index is 758. The summed E-state index contributed by atoms with van der Waals surface area (Å²) in [4.78, 5) is 14.4. The quantitative estimate of drug-likeness (QED) is 0.723. The molecule has 1 saturated heterocycles. The number of carbonyl (C=O) groups is 1. The van der Waals surface area contributed by atoms with Crippen LogP contribution in [0.4, 0.5) is 0 Å². The molecule has 8 heteroatoms. The standard InChI is InChI=1S/C19H31N3O4S/c1-14(2)16(20)9-12-21(3)19(23)15-7-8-17(26-4)18(13-15)27(24,25)22-10-5-6-11-22/h7-8,13-14,16H,5-6,9-12,20H2,1-4H3. The smallest absolute Gasteiger partial charge is 0.253 e. The molecule has 2 rings (SSSR count). The Labute approximate surface area is 162 Å². The zero-order valence-electron chi connectivity index (χ0n) is 16.6. The number of nitrogens with zero attached hydrogens (tertiary/aromatic N) is 2. The molecular formula is C19H31N3O4S. The Morgan fingerprint density at radius 2 is 1.93 bits per heavy atom. The largest absolute Gasteiger partial charge is 0.495 e. The molecule has 0 saturated carbocycles. The molecule has 0 spiro atoms. The van der Waals surface area contributed by atoms with Crippen LogP contribution >= 0.6 is 0 Å². The number of methoxy groups -OCH3 is 1. The molecule has 1 aromatic carbocycles. The van der Waals surface area contributed by atoms with Gasteiger partial charge < -0.3 is 15.4 Å². The van der Waals surface area contributed by atoms with Crippen molar-refractivity contribution in [3.63, 3.8) is 0 Å². The third-order valence-corrected chi connectivity index (χ3v) is 7.01. The van der Waals surface area contributed by atoms with E-state index in [-0.39, 0.29) is 22.6 Å². The fourth-order valence-corrected chi connectivity index (χ4v) is 4.78. The van der Waals surface area contributed by atoms with Crippen molar-refractivity contribution in [1.82, 2.24) is 9.21 Å². The van der Waals surface area contributed by atoms with Gasteiger partial charge in [0, 0.05) is 38.3 Å². The number of ether oxygens (including phenoxy) is 1. The maximum Gasteiger partial charge on any atom is 0.253 e. The molecule has 0 radical (unpaired) electrons. The lowest BCUT2D eigenvalue weighted by molar-refractivity contribution is 0.0789. The van der Waals surface area contributed by atoms with Gasteiger partial charge in [-0.2, -0.15) is 4.31 Å². The number of nitrogens with two attached hydrogens (primary N) is 1. The zero-order valence-corrected chi connectivity index (χ0v) is 17.5. The third-order valence-electron chi connectivity index (χ3n) is 5.09. The van der Waals surface area contributed by atoms with Crippen molar-refractivity contribution in [1.29, 1.82) is 0 Å². The number of rotatable bonds is 8. The molecule has 7 nitrogen and oxygen atoms in total. The highest BCUT2D eigenvalue weighted by molar-refractivity contribution is 7.89. The number of hydrogen-bond donors (Lipinski definition) is 1. The molecule has 0 bridgehead atoms. The summed E-state index contributed by atoms with van der Waals surface area (Å²) in [5.41, 5.74) is 6.38. The molecule has 152 valence electrons. The molecule has 1 fully saturated rings. The average molecular weight is 398 g/mol. The Morgan fingerprint density at radius 3 is 2.48 bits per heavy atom. The molecule has 1 amide bonds. The second-order valence-electron chi connectivity index (χ2n) is 7.40. The molecule has 1 aliphatic heterocycles. The fraction of sp³-hybridized carbons (Fsp3) is 0.632. The first kappa shape index (κ1) is 21.7. The second kappa shape index (κ2) is 9.03. The van der Waals surface area contributed by atoms with Crippen molar-refractivity contribution in [2.24, 2.45) is 11.7 Å². The van der Waals surface area contributed by atoms with Crippen molar-refractivity contribution in [2.75, 3.05) is 33.8 Å². The average Bonchev–Trinajstić information content (AvgIpc) is 3.20. The summed E-state index contributed by atoms with van der Waals surface area (Å²) in [6.07, 6.45) is 2.38. The van der Waals surface area contributed by atoms with Gasteiger partial charge in [-0.05, 0) is 43.4 Å². The Kier molecular flexibility index (Phi) is 7.25. The first-order chi connectivity index (χ1) is 12.7. The molecule has 0 aliphatic carbocycles. The second-order valence-corrected chi connectivity index (χ2v) is 9.31. The molecular weight excluding hydrogens is 366 g/mol. The topological polar surface area (TPSA) is 92.9 Å². The summed E-state index contributed by atoms with van der Waals surface area (Å²) < 4.78 is 32.6. The van der Waals surface area contributed by atoms with Gasteiger partial charge in [-0.15, -0.1) is 0 Å². The van der Waals surface area contributed by atoms with Gasteiger partial charge in [0.05, 0.1) is 7.11 Å². The van der Waals surface area contributed by atoms with Gasteiger partial charge in [-0.1, -0.05) is 13.8 Å². The van der Waals surface area contributed by atoms with Crippen LogP contribution < -0.4 is 10.5 Å². The lowest BCUT2D eigenvalue weighted by Crippen LogP contribution is -2.35. The molecule has 1 unspecified atom stereocenters. The van der Waals surface area contributed by atoms with Crippen molar-refractivity contribution < 1.29 is 17.9 Å². The zero-order chi connectivity index (χ0) is 20.2. The van der Waals surface area contributed by atoms with Crippen molar-refractivity contribution in [2.45, 2.75) is 44.0 Å². The van der Waals surface area contributed by atoms with Gasteiger partial charge in [0.1, 0.15) is 10.6 Å². The van der Waals surface area contributed by atoms with Crippen LogP contribution in [-0.4, -0.2) is 63.4 Å². The highest BCUT2D eigenvalue weighted by Gasteiger charge is 2.31. The lowest BCUT2D eigenvalue weighted by atomic mass is 10.0. The summed E-state index contributed by atoms with van der Waals surface area (Å²) in [6, 6.07) is 4.59. The molecule has 27 heavy (non-hydrogen) atoms. The van der Waals surface area contributed by atoms with E-state index in [4.69, 9.17) is 10.5 Å². The van der Waals surface area contributed by atoms with E-state index >= 15 is 0 Å². The van der Waals surface area contributed by atoms with E-state index in [1.54, 1.807) is 24.1 Å². The first-order valence-electron chi connectivity index (χ1n) is 9.37. The van der Waals surface area contributed by atoms with Crippen LogP contribution in [0.25, 0.3) is 0 Å². The minimum absolute atomic E-state index is 0.0159. The maximum atomic E-state index is 13.0. The summed E-state index contributed by atoms with van der Waals surface area (Å²) in [5.74, 6) is 0.362. The van der Waals surface area contributed by atoms with Crippen LogP contribution in [0, 0.1) is 5.92 Å². The highest BCUT2D eigenvalue weighted by atomic mass is 32.2. The number of amides is 1. The van der Waals surface area contributed by atoms with Crippen molar-refractivity contribution in [3.05, 3.63) is 23.8 Å². The van der Waals surface area contributed by atoms with Gasteiger partial charge >= 0.3 is 0 Å². The molecule has 1 atom stereocenters. The molecule has 1 aliphatic rings. The van der Waals surface area contributed by atoms with E-state index in [2.05, 4.69) is 0 Å². The Hall–Kier alpha value is -1.64. The highest BCUT2D eigenvalue weighted by Crippen LogP contribution is 2.30. The van der Waals surface area contributed by atoms with E-state index in [0.29, 0.717) is 37.5 Å². The first-order valence-corrected chi connectivity index (χ1v) is 10.8. The van der Waals surface area contributed by atoms with Crippen LogP contribution in [0.15, 0.2) is 23.1 Å². The van der Waals surface area contributed by atoms with Gasteiger partial charge in [0.2, 0.25) is 10.0 Å². The Balaban J connectivity index is 2.24. The van der Waals surface area contributed by atoms with E-state index in [9.17, 15) is 13.2 Å². The van der Waals surface area contributed by atoms with Gasteiger partial charge in [-0.3, -0.25) is 4.79 Å². The molecule has 1 heterocycles. The minimum Gasteiger partial charge on any atom is -0.495 e.